The van der Waals surface area contributed by atoms with Crippen LogP contribution in [0.25, 0.3) is 0 Å². The van der Waals surface area contributed by atoms with Gasteiger partial charge in [-0.3, -0.25) is 4.79 Å². The summed E-state index contributed by atoms with van der Waals surface area (Å²) in [5.74, 6) is 0.102. The van der Waals surface area contributed by atoms with E-state index in [0.29, 0.717) is 13.1 Å². The molecule has 2 N–H and O–H groups in total. The van der Waals surface area contributed by atoms with Crippen molar-refractivity contribution in [2.24, 2.45) is 5.92 Å². The zero-order valence-corrected chi connectivity index (χ0v) is 12.1. The predicted octanol–water partition coefficient (Wildman–Crippen LogP) is 2.08. The lowest BCUT2D eigenvalue weighted by molar-refractivity contribution is -0.124. The average Bonchev–Trinajstić information content (AvgIpc) is 2.27. The van der Waals surface area contributed by atoms with Crippen LogP contribution in [0.5, 0.6) is 0 Å². The van der Waals surface area contributed by atoms with Crippen LogP contribution in [0.4, 0.5) is 0 Å². The van der Waals surface area contributed by atoms with Crippen molar-refractivity contribution < 1.29 is 4.79 Å². The van der Waals surface area contributed by atoms with Crippen molar-refractivity contribution in [2.45, 2.75) is 34.2 Å². The van der Waals surface area contributed by atoms with Crippen LogP contribution in [0.15, 0.2) is 12.1 Å². The third-order valence-electron chi connectivity index (χ3n) is 3.24. The third-order valence-corrected chi connectivity index (χ3v) is 3.24. The van der Waals surface area contributed by atoms with Gasteiger partial charge in [-0.15, -0.1) is 0 Å². The van der Waals surface area contributed by atoms with E-state index >= 15 is 0 Å². The predicted molar refractivity (Wildman–Crippen MR) is 75.6 cm³/mol. The molecule has 0 aliphatic carbocycles. The van der Waals surface area contributed by atoms with Gasteiger partial charge in [0, 0.05) is 19.0 Å². The van der Waals surface area contributed by atoms with Crippen LogP contribution in [-0.2, 0) is 11.3 Å². The van der Waals surface area contributed by atoms with Crippen LogP contribution in [-0.4, -0.2) is 19.5 Å². The number of amides is 1. The summed E-state index contributed by atoms with van der Waals surface area (Å²) in [5.41, 5.74) is 4.98. The zero-order valence-electron chi connectivity index (χ0n) is 12.1. The molecule has 1 atom stereocenters. The van der Waals surface area contributed by atoms with Crippen LogP contribution >= 0.6 is 0 Å². The van der Waals surface area contributed by atoms with Gasteiger partial charge in [0.2, 0.25) is 5.91 Å². The molecule has 1 aromatic rings. The fourth-order valence-electron chi connectivity index (χ4n) is 2.24. The van der Waals surface area contributed by atoms with Gasteiger partial charge in [-0.05, 0) is 44.5 Å². The highest BCUT2D eigenvalue weighted by Gasteiger charge is 2.12. The molecule has 0 heterocycles. The molecule has 18 heavy (non-hydrogen) atoms. The second kappa shape index (κ2) is 6.55. The van der Waals surface area contributed by atoms with Crippen molar-refractivity contribution in [3.05, 3.63) is 34.4 Å². The van der Waals surface area contributed by atoms with Gasteiger partial charge < -0.3 is 10.6 Å². The molecule has 0 bridgehead atoms. The number of nitrogens with one attached hydrogen (secondary N) is 2. The Balaban J connectivity index is 2.67. The van der Waals surface area contributed by atoms with Gasteiger partial charge >= 0.3 is 0 Å². The number of benzene rings is 1. The van der Waals surface area contributed by atoms with Gasteiger partial charge in [0.25, 0.3) is 0 Å². The maximum absolute atomic E-state index is 11.8. The maximum Gasteiger partial charge on any atom is 0.224 e. The van der Waals surface area contributed by atoms with E-state index in [4.69, 9.17) is 0 Å². The Morgan fingerprint density at radius 1 is 1.22 bits per heavy atom. The van der Waals surface area contributed by atoms with Gasteiger partial charge in [-0.2, -0.15) is 0 Å². The Morgan fingerprint density at radius 3 is 2.28 bits per heavy atom. The third kappa shape index (κ3) is 3.84. The molecule has 1 unspecified atom stereocenters. The fourth-order valence-corrected chi connectivity index (χ4v) is 2.24. The first-order valence-corrected chi connectivity index (χ1v) is 6.44. The fraction of sp³-hybridized carbons (Fsp3) is 0.533. The molecule has 1 rings (SSSR count). The van der Waals surface area contributed by atoms with E-state index in [1.54, 1.807) is 0 Å². The Bertz CT molecular complexity index is 403. The number of carbonyl (C=O) groups excluding carboxylic acids is 1. The van der Waals surface area contributed by atoms with Gasteiger partial charge in [0.1, 0.15) is 0 Å². The highest BCUT2D eigenvalue weighted by molar-refractivity contribution is 5.78. The largest absolute Gasteiger partial charge is 0.352 e. The van der Waals surface area contributed by atoms with E-state index in [2.05, 4.69) is 43.5 Å². The Morgan fingerprint density at radius 2 is 1.78 bits per heavy atom. The second-order valence-corrected chi connectivity index (χ2v) is 5.05. The minimum absolute atomic E-state index is 0.000982. The van der Waals surface area contributed by atoms with Crippen LogP contribution in [0.1, 0.15) is 29.2 Å². The molecule has 1 amide bonds. The summed E-state index contributed by atoms with van der Waals surface area (Å²) in [7, 11) is 1.86. The first-order valence-electron chi connectivity index (χ1n) is 6.44. The quantitative estimate of drug-likeness (QED) is 0.837. The number of rotatable bonds is 5. The SMILES string of the molecule is CNCC(C)C(=O)NCc1c(C)cc(C)cc1C. The molecule has 0 aromatic heterocycles. The maximum atomic E-state index is 11.8. The van der Waals surface area contributed by atoms with E-state index in [1.165, 1.54) is 22.3 Å². The monoisotopic (exact) mass is 248 g/mol. The highest BCUT2D eigenvalue weighted by atomic mass is 16.1. The van der Waals surface area contributed by atoms with Crippen molar-refractivity contribution >= 4 is 5.91 Å². The van der Waals surface area contributed by atoms with Crippen molar-refractivity contribution in [2.75, 3.05) is 13.6 Å². The first-order chi connectivity index (χ1) is 8.45. The molecule has 0 saturated heterocycles. The first kappa shape index (κ1) is 14.7. The normalized spacial score (nSPS) is 12.3. The summed E-state index contributed by atoms with van der Waals surface area (Å²) < 4.78 is 0. The molecule has 0 fully saturated rings. The van der Waals surface area contributed by atoms with E-state index in [-0.39, 0.29) is 11.8 Å². The van der Waals surface area contributed by atoms with Crippen LogP contribution < -0.4 is 10.6 Å². The van der Waals surface area contributed by atoms with Crippen LogP contribution in [0, 0.1) is 26.7 Å². The van der Waals surface area contributed by atoms with E-state index in [9.17, 15) is 4.79 Å². The molecular weight excluding hydrogens is 224 g/mol. The number of aryl methyl sites for hydroxylation is 3. The topological polar surface area (TPSA) is 41.1 Å². The summed E-state index contributed by atoms with van der Waals surface area (Å²) in [5, 5.41) is 6.02. The molecule has 0 aliphatic heterocycles. The van der Waals surface area contributed by atoms with Gasteiger partial charge in [0.15, 0.2) is 0 Å². The summed E-state index contributed by atoms with van der Waals surface area (Å²) in [4.78, 5) is 11.8. The second-order valence-electron chi connectivity index (χ2n) is 5.05. The molecule has 1 aromatic carbocycles. The summed E-state index contributed by atoms with van der Waals surface area (Å²) in [6.45, 7) is 9.54. The van der Waals surface area contributed by atoms with Gasteiger partial charge in [-0.1, -0.05) is 24.6 Å². The molecule has 0 radical (unpaired) electrons. The minimum atomic E-state index is 0.000982. The van der Waals surface area contributed by atoms with Crippen molar-refractivity contribution in [1.82, 2.24) is 10.6 Å². The highest BCUT2D eigenvalue weighted by Crippen LogP contribution is 2.16. The lowest BCUT2D eigenvalue weighted by Gasteiger charge is -2.15. The lowest BCUT2D eigenvalue weighted by Crippen LogP contribution is -2.34. The number of hydrogen-bond donors (Lipinski definition) is 2. The van der Waals surface area contributed by atoms with Crippen LogP contribution in [0.3, 0.4) is 0 Å². The molecule has 0 saturated carbocycles. The van der Waals surface area contributed by atoms with Crippen LogP contribution in [0.2, 0.25) is 0 Å². The summed E-state index contributed by atoms with van der Waals surface area (Å²) in [6.07, 6.45) is 0. The molecule has 3 heteroatoms. The van der Waals surface area contributed by atoms with E-state index in [1.807, 2.05) is 14.0 Å². The van der Waals surface area contributed by atoms with Gasteiger partial charge in [-0.25, -0.2) is 0 Å². The molecule has 100 valence electrons. The van der Waals surface area contributed by atoms with E-state index < -0.39 is 0 Å². The lowest BCUT2D eigenvalue weighted by atomic mass is 9.99. The smallest absolute Gasteiger partial charge is 0.224 e. The van der Waals surface area contributed by atoms with Crippen molar-refractivity contribution in [3.8, 4) is 0 Å². The summed E-state index contributed by atoms with van der Waals surface area (Å²) in [6, 6.07) is 4.32. The number of hydrogen-bond acceptors (Lipinski definition) is 2. The molecule has 0 spiro atoms. The molecule has 3 nitrogen and oxygen atoms in total. The van der Waals surface area contributed by atoms with E-state index in [0.717, 1.165) is 0 Å². The Kier molecular flexibility index (Phi) is 5.35. The Hall–Kier alpha value is -1.35. The average molecular weight is 248 g/mol. The summed E-state index contributed by atoms with van der Waals surface area (Å²) >= 11 is 0. The molecular formula is C15H24N2O. The zero-order chi connectivity index (χ0) is 13.7. The van der Waals surface area contributed by atoms with Crippen molar-refractivity contribution in [1.29, 1.82) is 0 Å². The minimum Gasteiger partial charge on any atom is -0.352 e. The Labute approximate surface area is 110 Å². The standard InChI is InChI=1S/C15H24N2O/c1-10-6-11(2)14(12(3)7-10)9-17-15(18)13(4)8-16-5/h6-7,13,16H,8-9H2,1-5H3,(H,17,18). The van der Waals surface area contributed by atoms with Crippen molar-refractivity contribution in [3.63, 3.8) is 0 Å². The molecule has 0 aliphatic rings. The number of carbonyl (C=O) groups is 1. The van der Waals surface area contributed by atoms with Gasteiger partial charge in [0.05, 0.1) is 0 Å².